The number of benzene rings is 2. The molecule has 2 aromatic carbocycles. The molecule has 1 N–H and O–H groups in total. The molecule has 120 valence electrons. The minimum Gasteiger partial charge on any atom is -0.489 e. The van der Waals surface area contributed by atoms with Gasteiger partial charge in [0, 0.05) is 6.61 Å². The minimum absolute atomic E-state index is 0.0515. The van der Waals surface area contributed by atoms with Gasteiger partial charge in [0.2, 0.25) is 5.91 Å². The summed E-state index contributed by atoms with van der Waals surface area (Å²) in [5, 5.41) is 2.93. The van der Waals surface area contributed by atoms with Crippen molar-refractivity contribution >= 4 is 11.6 Å². The molecule has 1 unspecified atom stereocenters. The first-order valence-corrected chi connectivity index (χ1v) is 7.98. The van der Waals surface area contributed by atoms with Crippen molar-refractivity contribution in [1.82, 2.24) is 0 Å². The molecule has 1 aliphatic heterocycles. The Hall–Kier alpha value is -2.33. The highest BCUT2D eigenvalue weighted by molar-refractivity contribution is 5.93. The first kappa shape index (κ1) is 15.6. The molecule has 4 nitrogen and oxygen atoms in total. The second-order valence-corrected chi connectivity index (χ2v) is 5.65. The van der Waals surface area contributed by atoms with Gasteiger partial charge in [-0.2, -0.15) is 0 Å². The largest absolute Gasteiger partial charge is 0.489 e. The van der Waals surface area contributed by atoms with Crippen molar-refractivity contribution in [2.75, 3.05) is 18.5 Å². The minimum atomic E-state index is -0.0515. The van der Waals surface area contributed by atoms with Gasteiger partial charge in [0.1, 0.15) is 12.4 Å². The summed E-state index contributed by atoms with van der Waals surface area (Å²) < 4.78 is 11.4. The Labute approximate surface area is 136 Å². The zero-order valence-corrected chi connectivity index (χ0v) is 13.0. The number of para-hydroxylation sites is 2. The predicted molar refractivity (Wildman–Crippen MR) is 89.7 cm³/mol. The molecule has 1 aliphatic rings. The van der Waals surface area contributed by atoms with E-state index in [2.05, 4.69) is 5.32 Å². The highest BCUT2D eigenvalue weighted by Crippen LogP contribution is 2.25. The number of nitrogens with one attached hydrogen (secondary N) is 1. The van der Waals surface area contributed by atoms with E-state index >= 15 is 0 Å². The number of amides is 1. The number of hydrogen-bond donors (Lipinski definition) is 1. The van der Waals surface area contributed by atoms with Crippen LogP contribution in [0.2, 0.25) is 0 Å². The van der Waals surface area contributed by atoms with Crippen LogP contribution in [-0.4, -0.2) is 25.2 Å². The van der Waals surface area contributed by atoms with Gasteiger partial charge in [-0.25, -0.2) is 0 Å². The van der Waals surface area contributed by atoms with Crippen LogP contribution in [0.3, 0.4) is 0 Å². The second-order valence-electron chi connectivity index (χ2n) is 5.65. The zero-order chi connectivity index (χ0) is 15.9. The lowest BCUT2D eigenvalue weighted by Crippen LogP contribution is -2.18. The van der Waals surface area contributed by atoms with Crippen molar-refractivity contribution in [2.45, 2.75) is 25.4 Å². The third-order valence-electron chi connectivity index (χ3n) is 3.82. The van der Waals surface area contributed by atoms with Crippen LogP contribution in [0.4, 0.5) is 5.69 Å². The third-order valence-corrected chi connectivity index (χ3v) is 3.82. The molecule has 0 aromatic heterocycles. The molecule has 0 saturated carbocycles. The fourth-order valence-electron chi connectivity index (χ4n) is 2.63. The number of carbonyl (C=O) groups is 1. The van der Waals surface area contributed by atoms with Gasteiger partial charge in [0.05, 0.1) is 18.2 Å². The molecule has 1 fully saturated rings. The van der Waals surface area contributed by atoms with Crippen molar-refractivity contribution in [3.63, 3.8) is 0 Å². The fourth-order valence-corrected chi connectivity index (χ4v) is 2.63. The van der Waals surface area contributed by atoms with Crippen LogP contribution < -0.4 is 10.1 Å². The van der Waals surface area contributed by atoms with Crippen LogP contribution in [0.15, 0.2) is 54.6 Å². The van der Waals surface area contributed by atoms with E-state index in [1.54, 1.807) is 0 Å². The number of ether oxygens (including phenoxy) is 2. The van der Waals surface area contributed by atoms with Crippen molar-refractivity contribution in [3.8, 4) is 5.75 Å². The van der Waals surface area contributed by atoms with E-state index < -0.39 is 0 Å². The summed E-state index contributed by atoms with van der Waals surface area (Å²) >= 11 is 0. The molecule has 0 spiro atoms. The third kappa shape index (κ3) is 4.57. The number of carbonyl (C=O) groups excluding carboxylic acids is 1. The standard InChI is InChI=1S/C19H21NO3/c21-19(13-15-7-2-1-3-8-15)20-17-10-4-5-11-18(17)23-14-16-9-6-12-22-16/h1-5,7-8,10-11,16H,6,9,12-14H2,(H,20,21). The molecule has 3 rings (SSSR count). The van der Waals surface area contributed by atoms with E-state index in [1.807, 2.05) is 54.6 Å². The van der Waals surface area contributed by atoms with E-state index in [0.29, 0.717) is 24.5 Å². The van der Waals surface area contributed by atoms with Crippen molar-refractivity contribution in [1.29, 1.82) is 0 Å². The van der Waals surface area contributed by atoms with Crippen LogP contribution in [-0.2, 0) is 16.0 Å². The predicted octanol–water partition coefficient (Wildman–Crippen LogP) is 3.43. The summed E-state index contributed by atoms with van der Waals surface area (Å²) in [6.07, 6.45) is 2.62. The van der Waals surface area contributed by atoms with E-state index in [4.69, 9.17) is 9.47 Å². The van der Waals surface area contributed by atoms with Gasteiger partial charge >= 0.3 is 0 Å². The molecule has 1 atom stereocenters. The van der Waals surface area contributed by atoms with Gasteiger partial charge in [-0.3, -0.25) is 4.79 Å². The molecule has 1 heterocycles. The quantitative estimate of drug-likeness (QED) is 0.889. The number of rotatable bonds is 6. The Kier molecular flexibility index (Phi) is 5.27. The molecule has 4 heteroatoms. The lowest BCUT2D eigenvalue weighted by Gasteiger charge is -2.15. The first-order chi connectivity index (χ1) is 11.3. The van der Waals surface area contributed by atoms with Gasteiger partial charge in [-0.1, -0.05) is 42.5 Å². The Morgan fingerprint density at radius 2 is 1.91 bits per heavy atom. The Bertz CT molecular complexity index is 636. The molecule has 2 aromatic rings. The van der Waals surface area contributed by atoms with Crippen LogP contribution in [0, 0.1) is 0 Å². The maximum Gasteiger partial charge on any atom is 0.228 e. The Balaban J connectivity index is 1.59. The van der Waals surface area contributed by atoms with Crippen molar-refractivity contribution in [3.05, 3.63) is 60.2 Å². The molecule has 0 bridgehead atoms. The van der Waals surface area contributed by atoms with E-state index in [0.717, 1.165) is 25.0 Å². The van der Waals surface area contributed by atoms with E-state index in [9.17, 15) is 4.79 Å². The second kappa shape index (κ2) is 7.79. The fraction of sp³-hybridized carbons (Fsp3) is 0.316. The van der Waals surface area contributed by atoms with Crippen LogP contribution in [0.25, 0.3) is 0 Å². The average molecular weight is 311 g/mol. The summed E-state index contributed by atoms with van der Waals surface area (Å²) in [5.41, 5.74) is 1.69. The lowest BCUT2D eigenvalue weighted by atomic mass is 10.1. The molecule has 23 heavy (non-hydrogen) atoms. The molecular formula is C19H21NO3. The summed E-state index contributed by atoms with van der Waals surface area (Å²) in [6.45, 7) is 1.33. The van der Waals surface area contributed by atoms with Crippen LogP contribution >= 0.6 is 0 Å². The Morgan fingerprint density at radius 3 is 2.70 bits per heavy atom. The topological polar surface area (TPSA) is 47.6 Å². The average Bonchev–Trinajstić information content (AvgIpc) is 3.08. The number of hydrogen-bond acceptors (Lipinski definition) is 3. The monoisotopic (exact) mass is 311 g/mol. The van der Waals surface area contributed by atoms with E-state index in [-0.39, 0.29) is 12.0 Å². The van der Waals surface area contributed by atoms with Crippen molar-refractivity contribution in [2.24, 2.45) is 0 Å². The number of anilines is 1. The Morgan fingerprint density at radius 1 is 1.13 bits per heavy atom. The summed E-state index contributed by atoms with van der Waals surface area (Å²) in [5.74, 6) is 0.633. The van der Waals surface area contributed by atoms with Gasteiger partial charge in [0.25, 0.3) is 0 Å². The van der Waals surface area contributed by atoms with Gasteiger partial charge in [-0.15, -0.1) is 0 Å². The highest BCUT2D eigenvalue weighted by Gasteiger charge is 2.17. The summed E-state index contributed by atoms with van der Waals surface area (Å²) in [7, 11) is 0. The summed E-state index contributed by atoms with van der Waals surface area (Å²) in [4.78, 5) is 12.2. The maximum atomic E-state index is 12.2. The summed E-state index contributed by atoms with van der Waals surface area (Å²) in [6, 6.07) is 17.2. The molecule has 0 radical (unpaired) electrons. The van der Waals surface area contributed by atoms with Crippen LogP contribution in [0.5, 0.6) is 5.75 Å². The molecule has 1 amide bonds. The first-order valence-electron chi connectivity index (χ1n) is 7.98. The van der Waals surface area contributed by atoms with Gasteiger partial charge in [0.15, 0.2) is 0 Å². The lowest BCUT2D eigenvalue weighted by molar-refractivity contribution is -0.115. The molecular weight excluding hydrogens is 290 g/mol. The smallest absolute Gasteiger partial charge is 0.228 e. The normalized spacial score (nSPS) is 17.0. The zero-order valence-electron chi connectivity index (χ0n) is 13.0. The van der Waals surface area contributed by atoms with Crippen LogP contribution in [0.1, 0.15) is 18.4 Å². The maximum absolute atomic E-state index is 12.2. The van der Waals surface area contributed by atoms with Crippen molar-refractivity contribution < 1.29 is 14.3 Å². The molecule has 0 aliphatic carbocycles. The van der Waals surface area contributed by atoms with E-state index in [1.165, 1.54) is 0 Å². The SMILES string of the molecule is O=C(Cc1ccccc1)Nc1ccccc1OCC1CCCO1. The van der Waals surface area contributed by atoms with Gasteiger partial charge < -0.3 is 14.8 Å². The highest BCUT2D eigenvalue weighted by atomic mass is 16.5. The molecule has 1 saturated heterocycles. The van der Waals surface area contributed by atoms with Gasteiger partial charge in [-0.05, 0) is 30.5 Å².